The smallest absolute Gasteiger partial charge is 0.326 e. The number of amides is 1. The zero-order chi connectivity index (χ0) is 28.8. The number of ether oxygens (including phenoxy) is 5. The first kappa shape index (κ1) is 27.8. The zero-order valence-electron chi connectivity index (χ0n) is 21.9. The molecule has 0 saturated carbocycles. The summed E-state index contributed by atoms with van der Waals surface area (Å²) in [5, 5.41) is 21.3. The first-order valence-corrected chi connectivity index (χ1v) is 12.0. The van der Waals surface area contributed by atoms with Gasteiger partial charge in [0.25, 0.3) is 5.91 Å². The highest BCUT2D eigenvalue weighted by atomic mass is 16.5. The fourth-order valence-corrected chi connectivity index (χ4v) is 4.02. The lowest BCUT2D eigenvalue weighted by atomic mass is 10.1. The van der Waals surface area contributed by atoms with E-state index in [1.807, 2.05) is 0 Å². The molecule has 0 bridgehead atoms. The number of fused-ring (bicyclic) bond motifs is 1. The van der Waals surface area contributed by atoms with Crippen LogP contribution >= 0.6 is 0 Å². The van der Waals surface area contributed by atoms with Crippen LogP contribution in [0.1, 0.15) is 21.5 Å². The molecule has 1 aliphatic rings. The number of nitrogens with one attached hydrogen (secondary N) is 1. The number of benzene rings is 3. The Labute approximate surface area is 229 Å². The lowest BCUT2D eigenvalue weighted by molar-refractivity contribution is -0.142. The standard InChI is InChI=1S/C29H27NO10/c1-36-22-14-25(38-3)24(37-2)11-17(22)12-26-28(33)20-9-8-19(13-23(20)40-26)39-15-27(32)30-21(29(34)35)10-16-4-6-18(31)7-5-16/h4-9,11-14,21,31H,10,15H2,1-3H3,(H,30,32)(H,34,35)/b26-12-/t21-/m1/s1. The van der Waals surface area contributed by atoms with Gasteiger partial charge in [0.1, 0.15) is 29.0 Å². The van der Waals surface area contributed by atoms with Crippen LogP contribution in [0, 0.1) is 0 Å². The quantitative estimate of drug-likeness (QED) is 0.304. The summed E-state index contributed by atoms with van der Waals surface area (Å²) in [7, 11) is 4.48. The molecule has 0 aliphatic carbocycles. The molecule has 40 heavy (non-hydrogen) atoms. The molecule has 0 saturated heterocycles. The Morgan fingerprint density at radius 1 is 0.950 bits per heavy atom. The number of allylic oxidation sites excluding steroid dienone is 1. The largest absolute Gasteiger partial charge is 0.508 e. The minimum absolute atomic E-state index is 0.0239. The van der Waals surface area contributed by atoms with E-state index in [0.717, 1.165) is 0 Å². The Balaban J connectivity index is 1.42. The van der Waals surface area contributed by atoms with Crippen LogP contribution in [0.4, 0.5) is 0 Å². The average Bonchev–Trinajstić information content (AvgIpc) is 3.26. The highest BCUT2D eigenvalue weighted by Gasteiger charge is 2.29. The topological polar surface area (TPSA) is 150 Å². The lowest BCUT2D eigenvalue weighted by Crippen LogP contribution is -2.44. The van der Waals surface area contributed by atoms with Crippen LogP contribution in [0.25, 0.3) is 6.08 Å². The number of aliphatic carboxylic acids is 1. The van der Waals surface area contributed by atoms with Gasteiger partial charge in [-0.05, 0) is 42.0 Å². The van der Waals surface area contributed by atoms with E-state index in [2.05, 4.69) is 5.32 Å². The monoisotopic (exact) mass is 549 g/mol. The fraction of sp³-hybridized carbons (Fsp3) is 0.207. The lowest BCUT2D eigenvalue weighted by Gasteiger charge is -2.15. The van der Waals surface area contributed by atoms with Gasteiger partial charge in [-0.2, -0.15) is 0 Å². The zero-order valence-corrected chi connectivity index (χ0v) is 21.9. The van der Waals surface area contributed by atoms with Crippen LogP contribution in [0.15, 0.2) is 60.4 Å². The third kappa shape index (κ3) is 6.26. The number of carboxylic acids is 1. The third-order valence-electron chi connectivity index (χ3n) is 6.04. The summed E-state index contributed by atoms with van der Waals surface area (Å²) >= 11 is 0. The van der Waals surface area contributed by atoms with Gasteiger partial charge in [0.15, 0.2) is 23.9 Å². The van der Waals surface area contributed by atoms with E-state index in [4.69, 9.17) is 23.7 Å². The Hall–Kier alpha value is -5.19. The maximum atomic E-state index is 12.9. The number of hydrogen-bond donors (Lipinski definition) is 3. The number of methoxy groups -OCH3 is 3. The summed E-state index contributed by atoms with van der Waals surface area (Å²) in [6, 6.07) is 12.6. The van der Waals surface area contributed by atoms with E-state index < -0.39 is 24.5 Å². The SMILES string of the molecule is COc1cc(OC)c(OC)cc1/C=C1\Oc2cc(OCC(=O)N[C@H](Cc3ccc(O)cc3)C(=O)O)ccc2C1=O. The van der Waals surface area contributed by atoms with Crippen molar-refractivity contribution in [2.75, 3.05) is 27.9 Å². The molecule has 11 nitrogen and oxygen atoms in total. The summed E-state index contributed by atoms with van der Waals surface area (Å²) in [4.78, 5) is 37.0. The van der Waals surface area contributed by atoms with Gasteiger partial charge in [0.2, 0.25) is 5.78 Å². The van der Waals surface area contributed by atoms with Gasteiger partial charge in [-0.15, -0.1) is 0 Å². The van der Waals surface area contributed by atoms with E-state index in [1.54, 1.807) is 24.3 Å². The number of aromatic hydroxyl groups is 1. The van der Waals surface area contributed by atoms with Crippen molar-refractivity contribution in [1.29, 1.82) is 0 Å². The van der Waals surface area contributed by atoms with E-state index in [-0.39, 0.29) is 35.2 Å². The Bertz CT molecular complexity index is 1460. The van der Waals surface area contributed by atoms with E-state index in [0.29, 0.717) is 33.9 Å². The van der Waals surface area contributed by atoms with Gasteiger partial charge in [0, 0.05) is 24.1 Å². The van der Waals surface area contributed by atoms with Crippen molar-refractivity contribution in [3.63, 3.8) is 0 Å². The average molecular weight is 550 g/mol. The Morgan fingerprint density at radius 2 is 1.62 bits per heavy atom. The molecule has 0 unspecified atom stereocenters. The predicted molar refractivity (Wildman–Crippen MR) is 142 cm³/mol. The van der Waals surface area contributed by atoms with Gasteiger partial charge in [-0.1, -0.05) is 12.1 Å². The molecule has 0 radical (unpaired) electrons. The van der Waals surface area contributed by atoms with Crippen molar-refractivity contribution in [2.24, 2.45) is 0 Å². The molecule has 1 atom stereocenters. The first-order valence-electron chi connectivity index (χ1n) is 12.0. The minimum Gasteiger partial charge on any atom is -0.508 e. The molecule has 208 valence electrons. The number of hydrogen-bond acceptors (Lipinski definition) is 9. The van der Waals surface area contributed by atoms with Crippen molar-refractivity contribution in [2.45, 2.75) is 12.5 Å². The summed E-state index contributed by atoms with van der Waals surface area (Å²) in [5.41, 5.74) is 1.47. The molecule has 3 N–H and O–H groups in total. The number of carbonyl (C=O) groups is 3. The van der Waals surface area contributed by atoms with Gasteiger partial charge >= 0.3 is 5.97 Å². The minimum atomic E-state index is -1.21. The van der Waals surface area contributed by atoms with Crippen molar-refractivity contribution < 1.29 is 48.3 Å². The molecule has 0 aromatic heterocycles. The molecule has 11 heteroatoms. The number of Topliss-reactive ketones (excluding diaryl/α,β-unsaturated/α-hetero) is 1. The van der Waals surface area contributed by atoms with Crippen molar-refractivity contribution in [1.82, 2.24) is 5.32 Å². The summed E-state index contributed by atoms with van der Waals surface area (Å²) in [6.07, 6.45) is 1.55. The van der Waals surface area contributed by atoms with Crippen LogP contribution < -0.4 is 29.0 Å². The molecule has 3 aromatic rings. The molecule has 4 rings (SSSR count). The van der Waals surface area contributed by atoms with Crippen LogP contribution in [0.3, 0.4) is 0 Å². The van der Waals surface area contributed by atoms with Gasteiger partial charge in [-0.3, -0.25) is 9.59 Å². The van der Waals surface area contributed by atoms with E-state index in [1.165, 1.54) is 57.7 Å². The summed E-state index contributed by atoms with van der Waals surface area (Å²) in [6.45, 7) is -0.461. The molecule has 3 aromatic carbocycles. The number of ketones is 1. The second-order valence-electron chi connectivity index (χ2n) is 8.66. The second-order valence-corrected chi connectivity index (χ2v) is 8.66. The summed E-state index contributed by atoms with van der Waals surface area (Å²) in [5.74, 6) is -0.273. The fourth-order valence-electron chi connectivity index (χ4n) is 4.02. The highest BCUT2D eigenvalue weighted by molar-refractivity contribution is 6.14. The Kier molecular flexibility index (Phi) is 8.43. The highest BCUT2D eigenvalue weighted by Crippen LogP contribution is 2.39. The van der Waals surface area contributed by atoms with Crippen LogP contribution in [-0.2, 0) is 16.0 Å². The van der Waals surface area contributed by atoms with E-state index >= 15 is 0 Å². The second kappa shape index (κ2) is 12.1. The number of rotatable bonds is 11. The van der Waals surface area contributed by atoms with Crippen molar-refractivity contribution in [3.05, 3.63) is 77.0 Å². The molecule has 1 aliphatic heterocycles. The normalized spacial score (nSPS) is 13.7. The number of phenols is 1. The van der Waals surface area contributed by atoms with Gasteiger partial charge in [0.05, 0.1) is 26.9 Å². The number of carboxylic acid groups (broad SMARTS) is 1. The van der Waals surface area contributed by atoms with Gasteiger partial charge < -0.3 is 39.2 Å². The van der Waals surface area contributed by atoms with Crippen molar-refractivity contribution >= 4 is 23.7 Å². The molecular weight excluding hydrogens is 522 g/mol. The molecular formula is C29H27NO10. The molecule has 1 amide bonds. The van der Waals surface area contributed by atoms with Crippen LogP contribution in [0.2, 0.25) is 0 Å². The Morgan fingerprint density at radius 3 is 2.27 bits per heavy atom. The molecule has 0 fully saturated rings. The van der Waals surface area contributed by atoms with Gasteiger partial charge in [-0.25, -0.2) is 4.79 Å². The predicted octanol–water partition coefficient (Wildman–Crippen LogP) is 3.23. The molecule has 0 spiro atoms. The molecule has 1 heterocycles. The maximum absolute atomic E-state index is 12.9. The summed E-state index contributed by atoms with van der Waals surface area (Å²) < 4.78 is 27.3. The van der Waals surface area contributed by atoms with Crippen LogP contribution in [-0.4, -0.2) is 61.9 Å². The van der Waals surface area contributed by atoms with Crippen LogP contribution in [0.5, 0.6) is 34.5 Å². The maximum Gasteiger partial charge on any atom is 0.326 e. The van der Waals surface area contributed by atoms with E-state index in [9.17, 15) is 24.6 Å². The number of carbonyl (C=O) groups excluding carboxylic acids is 2. The van der Waals surface area contributed by atoms with Crippen molar-refractivity contribution in [3.8, 4) is 34.5 Å². The third-order valence-corrected chi connectivity index (χ3v) is 6.04. The first-order chi connectivity index (χ1) is 19.2. The number of phenolic OH excluding ortho intramolecular Hbond substituents is 1.